The summed E-state index contributed by atoms with van der Waals surface area (Å²) in [6, 6.07) is 4.79. The predicted octanol–water partition coefficient (Wildman–Crippen LogP) is 0.379. The first-order chi connectivity index (χ1) is 17.5. The summed E-state index contributed by atoms with van der Waals surface area (Å²) in [6.07, 6.45) is -7.85. The Labute approximate surface area is 209 Å². The van der Waals surface area contributed by atoms with E-state index in [1.165, 1.54) is 25.3 Å². The Bertz CT molecular complexity index is 1210. The second-order valence-corrected chi connectivity index (χ2v) is 8.45. The van der Waals surface area contributed by atoms with Gasteiger partial charge in [-0.25, -0.2) is 0 Å². The van der Waals surface area contributed by atoms with Crippen molar-refractivity contribution >= 4 is 12.0 Å². The summed E-state index contributed by atoms with van der Waals surface area (Å²) in [6.45, 7) is 0.706. The minimum absolute atomic E-state index is 0.0367. The summed E-state index contributed by atoms with van der Waals surface area (Å²) in [5, 5.41) is 71.5. The van der Waals surface area contributed by atoms with E-state index < -0.39 is 60.9 Å². The molecule has 1 saturated heterocycles. The maximum Gasteiger partial charge on any atom is 0.302 e. The highest BCUT2D eigenvalue weighted by Crippen LogP contribution is 2.47. The lowest BCUT2D eigenvalue weighted by Gasteiger charge is -2.41. The molecule has 2 heterocycles. The molecule has 0 bridgehead atoms. The van der Waals surface area contributed by atoms with Crippen molar-refractivity contribution in [3.8, 4) is 34.5 Å². The average molecular weight is 522 g/mol. The molecule has 1 unspecified atom stereocenters. The Morgan fingerprint density at radius 3 is 2.38 bits per heavy atom. The largest absolute Gasteiger partial charge is 0.508 e. The number of phenols is 4. The van der Waals surface area contributed by atoms with Crippen molar-refractivity contribution in [3.63, 3.8) is 0 Å². The number of methoxy groups -OCH3 is 1. The summed E-state index contributed by atoms with van der Waals surface area (Å²) in [7, 11) is 1.26. The Balaban J connectivity index is 1.73. The van der Waals surface area contributed by atoms with Crippen LogP contribution in [0.5, 0.6) is 34.5 Å². The predicted molar refractivity (Wildman–Crippen MR) is 122 cm³/mol. The van der Waals surface area contributed by atoms with E-state index in [0.717, 1.165) is 19.1 Å². The van der Waals surface area contributed by atoms with Gasteiger partial charge in [0.05, 0.1) is 12.7 Å². The van der Waals surface area contributed by atoms with Gasteiger partial charge in [0, 0.05) is 24.6 Å². The molecule has 0 aliphatic carbocycles. The smallest absolute Gasteiger partial charge is 0.302 e. The van der Waals surface area contributed by atoms with Crippen LogP contribution in [0.15, 0.2) is 30.0 Å². The number of carbonyl (C=O) groups excluding carboxylic acids is 1. The van der Waals surface area contributed by atoms with Crippen molar-refractivity contribution in [3.05, 3.63) is 41.2 Å². The minimum atomic E-state index is -1.76. The molecule has 1 fully saturated rings. The van der Waals surface area contributed by atoms with Gasteiger partial charge in [0.2, 0.25) is 12.0 Å². The number of carbonyl (C=O) groups is 1. The molecular formula is C24H26O13. The molecule has 2 aromatic rings. The molecule has 37 heavy (non-hydrogen) atoms. The molecule has 0 saturated carbocycles. The third kappa shape index (κ3) is 5.15. The van der Waals surface area contributed by atoms with Gasteiger partial charge in [-0.2, -0.15) is 0 Å². The molecule has 0 amide bonds. The number of hydrogen-bond donors (Lipinski definition) is 7. The summed E-state index contributed by atoms with van der Waals surface area (Å²) in [4.78, 5) is 11.2. The number of rotatable bonds is 6. The summed E-state index contributed by atoms with van der Waals surface area (Å²) in [5.41, 5.74) is 0.288. The monoisotopic (exact) mass is 522 g/mol. The number of aliphatic hydroxyl groups is 3. The van der Waals surface area contributed by atoms with Gasteiger partial charge < -0.3 is 59.4 Å². The van der Waals surface area contributed by atoms with E-state index in [9.17, 15) is 40.5 Å². The molecule has 7 N–H and O–H groups in total. The molecule has 2 aliphatic heterocycles. The molecule has 13 nitrogen and oxygen atoms in total. The first-order valence-corrected chi connectivity index (χ1v) is 11.0. The molecule has 4 rings (SSSR count). The third-order valence-electron chi connectivity index (χ3n) is 5.87. The molecule has 6 atom stereocenters. The fourth-order valence-electron chi connectivity index (χ4n) is 3.98. The van der Waals surface area contributed by atoms with Crippen molar-refractivity contribution in [2.24, 2.45) is 0 Å². The Morgan fingerprint density at radius 2 is 1.70 bits per heavy atom. The van der Waals surface area contributed by atoms with E-state index in [1.807, 2.05) is 0 Å². The van der Waals surface area contributed by atoms with Crippen molar-refractivity contribution in [1.29, 1.82) is 0 Å². The SMILES string of the molecule is COc1cc(C2Oc3cc(O)cc(O)c3C=C2O[C@@H]2O[C@H](COC(C)=O)[C@H](O)[C@H](O)[C@H]2O)cc(O)c1O. The molecule has 13 heteroatoms. The van der Waals surface area contributed by atoms with E-state index in [2.05, 4.69) is 0 Å². The quantitative estimate of drug-likeness (QED) is 0.203. The van der Waals surface area contributed by atoms with Crippen molar-refractivity contribution in [2.75, 3.05) is 13.7 Å². The number of fused-ring (bicyclic) bond motifs is 1. The number of phenolic OH excluding ortho intramolecular Hbond substituents is 4. The lowest BCUT2D eigenvalue weighted by Crippen LogP contribution is -2.59. The van der Waals surface area contributed by atoms with Crippen LogP contribution >= 0.6 is 0 Å². The molecule has 0 spiro atoms. The maximum atomic E-state index is 11.2. The van der Waals surface area contributed by atoms with Crippen LogP contribution in [0.1, 0.15) is 24.2 Å². The van der Waals surface area contributed by atoms with Crippen LogP contribution in [0.3, 0.4) is 0 Å². The molecule has 200 valence electrons. The third-order valence-corrected chi connectivity index (χ3v) is 5.87. The van der Waals surface area contributed by atoms with Crippen LogP contribution in [0.4, 0.5) is 0 Å². The first kappa shape index (κ1) is 26.2. The average Bonchev–Trinajstić information content (AvgIpc) is 2.85. The number of esters is 1. The maximum absolute atomic E-state index is 11.2. The van der Waals surface area contributed by atoms with Crippen LogP contribution in [-0.4, -0.2) is 86.1 Å². The lowest BCUT2D eigenvalue weighted by atomic mass is 9.98. The van der Waals surface area contributed by atoms with Crippen molar-refractivity contribution in [2.45, 2.75) is 43.7 Å². The highest BCUT2D eigenvalue weighted by atomic mass is 16.7. The van der Waals surface area contributed by atoms with Gasteiger partial charge >= 0.3 is 5.97 Å². The minimum Gasteiger partial charge on any atom is -0.508 e. The molecule has 0 aromatic heterocycles. The number of benzene rings is 2. The molecular weight excluding hydrogens is 496 g/mol. The first-order valence-electron chi connectivity index (χ1n) is 11.0. The van der Waals surface area contributed by atoms with Gasteiger partial charge in [-0.15, -0.1) is 0 Å². The number of aromatic hydroxyl groups is 4. The summed E-state index contributed by atoms with van der Waals surface area (Å²) < 4.78 is 27.3. The Kier molecular flexibility index (Phi) is 7.23. The number of ether oxygens (including phenoxy) is 5. The van der Waals surface area contributed by atoms with Crippen molar-refractivity contribution in [1.82, 2.24) is 0 Å². The van der Waals surface area contributed by atoms with Gasteiger partial charge in [-0.1, -0.05) is 0 Å². The zero-order valence-electron chi connectivity index (χ0n) is 19.6. The molecule has 2 aliphatic rings. The van der Waals surface area contributed by atoms with Crippen LogP contribution in [0.2, 0.25) is 0 Å². The standard InChI is InChI=1S/C24H26O13/c1-9(25)34-8-18-20(30)21(31)22(32)24(37-18)36-17-7-12-13(27)5-11(26)6-15(12)35-23(17)10-3-14(28)19(29)16(4-10)33-2/h3-7,18,20-24,26-32H,8H2,1-2H3/t18-,20+,21+,22-,23?,24-/m1/s1. The second-order valence-electron chi connectivity index (χ2n) is 8.45. The summed E-state index contributed by atoms with van der Waals surface area (Å²) >= 11 is 0. The molecule has 0 radical (unpaired) electrons. The highest BCUT2D eigenvalue weighted by Gasteiger charge is 2.46. The van der Waals surface area contributed by atoms with Gasteiger partial charge in [-0.05, 0) is 18.2 Å². The van der Waals surface area contributed by atoms with Gasteiger partial charge in [0.15, 0.2) is 17.6 Å². The van der Waals surface area contributed by atoms with Gasteiger partial charge in [-0.3, -0.25) is 4.79 Å². The van der Waals surface area contributed by atoms with Crippen LogP contribution in [0, 0.1) is 0 Å². The highest BCUT2D eigenvalue weighted by molar-refractivity contribution is 5.70. The van der Waals surface area contributed by atoms with E-state index in [1.54, 1.807) is 0 Å². The zero-order valence-corrected chi connectivity index (χ0v) is 19.6. The summed E-state index contributed by atoms with van der Waals surface area (Å²) in [5.74, 6) is -2.56. The van der Waals surface area contributed by atoms with E-state index in [0.29, 0.717) is 0 Å². The lowest BCUT2D eigenvalue weighted by molar-refractivity contribution is -0.294. The van der Waals surface area contributed by atoms with E-state index in [-0.39, 0.29) is 39.9 Å². The number of aliphatic hydroxyl groups excluding tert-OH is 3. The Morgan fingerprint density at radius 1 is 0.973 bits per heavy atom. The fraction of sp³-hybridized carbons (Fsp3) is 0.375. The second kappa shape index (κ2) is 10.2. The van der Waals surface area contributed by atoms with Crippen LogP contribution in [0.25, 0.3) is 6.08 Å². The molecule has 2 aromatic carbocycles. The fourth-order valence-corrected chi connectivity index (χ4v) is 3.98. The van der Waals surface area contributed by atoms with E-state index >= 15 is 0 Å². The number of hydrogen-bond acceptors (Lipinski definition) is 13. The van der Waals surface area contributed by atoms with Crippen LogP contribution < -0.4 is 9.47 Å². The normalized spacial score (nSPS) is 26.9. The van der Waals surface area contributed by atoms with Crippen LogP contribution in [-0.2, 0) is 19.0 Å². The Hall–Kier alpha value is -3.91. The van der Waals surface area contributed by atoms with E-state index in [4.69, 9.17) is 23.7 Å². The van der Waals surface area contributed by atoms with Gasteiger partial charge in [0.25, 0.3) is 0 Å². The zero-order chi connectivity index (χ0) is 27.0. The topological polar surface area (TPSA) is 205 Å². The van der Waals surface area contributed by atoms with Gasteiger partial charge in [0.1, 0.15) is 54.0 Å². The van der Waals surface area contributed by atoms with Crippen molar-refractivity contribution < 1.29 is 64.2 Å².